The number of rotatable bonds is 2. The minimum Gasteiger partial charge on any atom is -0.378 e. The van der Waals surface area contributed by atoms with E-state index in [9.17, 15) is 8.78 Å². The van der Waals surface area contributed by atoms with Crippen molar-refractivity contribution in [2.75, 3.05) is 5.32 Å². The van der Waals surface area contributed by atoms with E-state index in [1.165, 1.54) is 44.2 Å². The van der Waals surface area contributed by atoms with E-state index in [0.29, 0.717) is 4.47 Å². The van der Waals surface area contributed by atoms with Crippen molar-refractivity contribution in [3.8, 4) is 0 Å². The number of halogens is 3. The van der Waals surface area contributed by atoms with Crippen molar-refractivity contribution in [2.24, 2.45) is 11.8 Å². The molecule has 0 aliphatic heterocycles. The summed E-state index contributed by atoms with van der Waals surface area (Å²) in [6.45, 7) is 0. The minimum absolute atomic E-state index is 0.0347. The van der Waals surface area contributed by atoms with Gasteiger partial charge in [-0.2, -0.15) is 0 Å². The summed E-state index contributed by atoms with van der Waals surface area (Å²) < 4.78 is 28.2. The first kappa shape index (κ1) is 14.3. The molecule has 1 aromatic rings. The highest BCUT2D eigenvalue weighted by molar-refractivity contribution is 9.10. The molecule has 1 aromatic carbocycles. The Labute approximate surface area is 127 Å². The maximum absolute atomic E-state index is 13.9. The first-order valence-corrected chi connectivity index (χ1v) is 8.34. The molecule has 2 aliphatic carbocycles. The van der Waals surface area contributed by atoms with Crippen LogP contribution in [0.2, 0.25) is 0 Å². The van der Waals surface area contributed by atoms with Crippen molar-refractivity contribution in [2.45, 2.75) is 51.0 Å². The third-order valence-corrected chi connectivity index (χ3v) is 5.35. The first-order valence-electron chi connectivity index (χ1n) is 7.54. The number of fused-ring (bicyclic) bond motifs is 1. The highest BCUT2D eigenvalue weighted by atomic mass is 79.9. The van der Waals surface area contributed by atoms with E-state index in [-0.39, 0.29) is 11.7 Å². The fraction of sp³-hybridized carbons (Fsp3) is 0.625. The van der Waals surface area contributed by atoms with E-state index in [1.807, 2.05) is 0 Å². The van der Waals surface area contributed by atoms with E-state index < -0.39 is 11.6 Å². The van der Waals surface area contributed by atoms with Crippen LogP contribution in [-0.4, -0.2) is 6.04 Å². The summed E-state index contributed by atoms with van der Waals surface area (Å²) in [5.41, 5.74) is 0.0347. The molecule has 0 saturated heterocycles. The minimum atomic E-state index is -0.511. The average molecular weight is 344 g/mol. The Morgan fingerprint density at radius 3 is 2.30 bits per heavy atom. The monoisotopic (exact) mass is 343 g/mol. The smallest absolute Gasteiger partial charge is 0.150 e. The first-order chi connectivity index (χ1) is 9.63. The summed E-state index contributed by atoms with van der Waals surface area (Å²) in [5.74, 6) is 0.572. The third kappa shape index (κ3) is 3.00. The zero-order valence-corrected chi connectivity index (χ0v) is 13.1. The van der Waals surface area contributed by atoms with Gasteiger partial charge in [0.1, 0.15) is 17.3 Å². The Morgan fingerprint density at radius 2 is 1.60 bits per heavy atom. The van der Waals surface area contributed by atoms with Crippen LogP contribution in [-0.2, 0) is 0 Å². The second-order valence-electron chi connectivity index (χ2n) is 6.20. The predicted octanol–water partition coefficient (Wildman–Crippen LogP) is 5.50. The van der Waals surface area contributed by atoms with Gasteiger partial charge in [0.15, 0.2) is 0 Å². The van der Waals surface area contributed by atoms with Crippen molar-refractivity contribution >= 4 is 21.6 Å². The van der Waals surface area contributed by atoms with Gasteiger partial charge in [0.05, 0.1) is 0 Å². The van der Waals surface area contributed by atoms with Crippen molar-refractivity contribution in [1.29, 1.82) is 0 Å². The van der Waals surface area contributed by atoms with Gasteiger partial charge in [-0.3, -0.25) is 0 Å². The molecule has 4 heteroatoms. The molecule has 3 unspecified atom stereocenters. The van der Waals surface area contributed by atoms with E-state index in [0.717, 1.165) is 24.7 Å². The fourth-order valence-electron chi connectivity index (χ4n) is 3.89. The van der Waals surface area contributed by atoms with Gasteiger partial charge in [-0.1, -0.05) is 41.6 Å². The lowest BCUT2D eigenvalue weighted by atomic mass is 9.69. The van der Waals surface area contributed by atoms with Gasteiger partial charge >= 0.3 is 0 Å². The normalized spacial score (nSPS) is 29.9. The van der Waals surface area contributed by atoms with Gasteiger partial charge < -0.3 is 5.32 Å². The summed E-state index contributed by atoms with van der Waals surface area (Å²) in [6, 6.07) is 2.84. The summed E-state index contributed by atoms with van der Waals surface area (Å²) in [4.78, 5) is 0. The van der Waals surface area contributed by atoms with Crippen LogP contribution in [0.1, 0.15) is 44.9 Å². The zero-order chi connectivity index (χ0) is 14.1. The lowest BCUT2D eigenvalue weighted by Crippen LogP contribution is -2.34. The molecule has 0 radical (unpaired) electrons. The van der Waals surface area contributed by atoms with Gasteiger partial charge in [-0.25, -0.2) is 8.78 Å². The summed E-state index contributed by atoms with van der Waals surface area (Å²) >= 11 is 3.11. The summed E-state index contributed by atoms with van der Waals surface area (Å²) in [5, 5.41) is 3.11. The summed E-state index contributed by atoms with van der Waals surface area (Å²) in [7, 11) is 0. The zero-order valence-electron chi connectivity index (χ0n) is 11.5. The maximum atomic E-state index is 13.9. The second kappa shape index (κ2) is 6.00. The van der Waals surface area contributed by atoms with Gasteiger partial charge in [0, 0.05) is 10.5 Å². The molecule has 2 aliphatic rings. The number of hydrogen-bond donors (Lipinski definition) is 1. The molecule has 1 nitrogen and oxygen atoms in total. The van der Waals surface area contributed by atoms with Crippen molar-refractivity contribution in [3.63, 3.8) is 0 Å². The standard InChI is InChI=1S/C16H20BrF2N/c17-12-8-14(18)16(15(19)9-12)20-13-6-5-10-3-1-2-4-11(10)7-13/h8-11,13,20H,1-7H2. The van der Waals surface area contributed by atoms with Gasteiger partial charge in [-0.05, 0) is 43.2 Å². The Kier molecular flexibility index (Phi) is 4.29. The molecule has 0 aromatic heterocycles. The van der Waals surface area contributed by atoms with Crippen molar-refractivity contribution in [3.05, 3.63) is 28.2 Å². The van der Waals surface area contributed by atoms with Crippen molar-refractivity contribution in [1.82, 2.24) is 0 Å². The number of nitrogens with one attached hydrogen (secondary N) is 1. The third-order valence-electron chi connectivity index (χ3n) is 4.90. The molecule has 2 fully saturated rings. The topological polar surface area (TPSA) is 12.0 Å². The Morgan fingerprint density at radius 1 is 0.950 bits per heavy atom. The van der Waals surface area contributed by atoms with Crippen LogP contribution in [0.4, 0.5) is 14.5 Å². The molecule has 3 atom stereocenters. The predicted molar refractivity (Wildman–Crippen MR) is 80.8 cm³/mol. The number of anilines is 1. The largest absolute Gasteiger partial charge is 0.378 e. The highest BCUT2D eigenvalue weighted by Gasteiger charge is 2.32. The van der Waals surface area contributed by atoms with Crippen LogP contribution in [0.25, 0.3) is 0 Å². The lowest BCUT2D eigenvalue weighted by molar-refractivity contribution is 0.162. The quantitative estimate of drug-likeness (QED) is 0.747. The molecule has 20 heavy (non-hydrogen) atoms. The average Bonchev–Trinajstić information content (AvgIpc) is 2.42. The number of hydrogen-bond acceptors (Lipinski definition) is 1. The lowest BCUT2D eigenvalue weighted by Gasteiger charge is -2.39. The molecule has 0 amide bonds. The SMILES string of the molecule is Fc1cc(Br)cc(F)c1NC1CCC2CCCCC2C1. The fourth-order valence-corrected chi connectivity index (χ4v) is 4.29. The molecular weight excluding hydrogens is 324 g/mol. The second-order valence-corrected chi connectivity index (χ2v) is 7.12. The van der Waals surface area contributed by atoms with Gasteiger partial charge in [0.2, 0.25) is 0 Å². The van der Waals surface area contributed by atoms with Gasteiger partial charge in [0.25, 0.3) is 0 Å². The molecule has 0 heterocycles. The summed E-state index contributed by atoms with van der Waals surface area (Å²) in [6.07, 6.45) is 8.58. The Hall–Kier alpha value is -0.640. The Balaban J connectivity index is 1.69. The molecule has 110 valence electrons. The van der Waals surface area contributed by atoms with Crippen LogP contribution >= 0.6 is 15.9 Å². The maximum Gasteiger partial charge on any atom is 0.150 e. The number of benzene rings is 1. The molecule has 2 saturated carbocycles. The molecular formula is C16H20BrF2N. The molecule has 1 N–H and O–H groups in total. The van der Waals surface area contributed by atoms with Crippen LogP contribution in [0.15, 0.2) is 16.6 Å². The highest BCUT2D eigenvalue weighted by Crippen LogP contribution is 2.41. The van der Waals surface area contributed by atoms with Crippen molar-refractivity contribution < 1.29 is 8.78 Å². The van der Waals surface area contributed by atoms with Crippen LogP contribution < -0.4 is 5.32 Å². The van der Waals surface area contributed by atoms with E-state index in [2.05, 4.69) is 21.2 Å². The van der Waals surface area contributed by atoms with E-state index in [1.54, 1.807) is 0 Å². The van der Waals surface area contributed by atoms with Gasteiger partial charge in [-0.15, -0.1) is 0 Å². The molecule has 3 rings (SSSR count). The van der Waals surface area contributed by atoms with Crippen LogP contribution in [0.5, 0.6) is 0 Å². The van der Waals surface area contributed by atoms with Crippen LogP contribution in [0, 0.1) is 23.5 Å². The van der Waals surface area contributed by atoms with E-state index >= 15 is 0 Å². The molecule has 0 spiro atoms. The Bertz CT molecular complexity index is 468. The molecule has 0 bridgehead atoms. The van der Waals surface area contributed by atoms with Crippen LogP contribution in [0.3, 0.4) is 0 Å². The van der Waals surface area contributed by atoms with E-state index in [4.69, 9.17) is 0 Å².